The van der Waals surface area contributed by atoms with Gasteiger partial charge in [-0.05, 0) is 49.9 Å². The van der Waals surface area contributed by atoms with Crippen molar-refractivity contribution in [2.24, 2.45) is 5.73 Å². The molecule has 142 valence electrons. The third-order valence-electron chi connectivity index (χ3n) is 5.78. The van der Waals surface area contributed by atoms with E-state index in [-0.39, 0.29) is 23.8 Å². The van der Waals surface area contributed by atoms with Crippen LogP contribution in [0.3, 0.4) is 0 Å². The average Bonchev–Trinajstić information content (AvgIpc) is 3.00. The maximum absolute atomic E-state index is 13.5. The first kappa shape index (κ1) is 18.1. The van der Waals surface area contributed by atoms with E-state index in [0.717, 1.165) is 18.5 Å². The highest BCUT2D eigenvalue weighted by Crippen LogP contribution is 2.35. The van der Waals surface area contributed by atoms with Gasteiger partial charge in [-0.15, -0.1) is 0 Å². The van der Waals surface area contributed by atoms with Crippen LogP contribution in [0.1, 0.15) is 31.4 Å². The van der Waals surface area contributed by atoms with Gasteiger partial charge < -0.3 is 15.7 Å². The number of carbonyl (C=O) groups is 1. The number of benzene rings is 1. The van der Waals surface area contributed by atoms with Crippen molar-refractivity contribution in [3.8, 4) is 11.3 Å². The molecule has 2 fully saturated rings. The summed E-state index contributed by atoms with van der Waals surface area (Å²) in [7, 11) is 0. The molecule has 2 heterocycles. The quantitative estimate of drug-likeness (QED) is 0.867. The normalized spacial score (nSPS) is 23.9. The first-order valence-corrected chi connectivity index (χ1v) is 9.47. The van der Waals surface area contributed by atoms with Crippen LogP contribution in [0.2, 0.25) is 0 Å². The van der Waals surface area contributed by atoms with Crippen LogP contribution in [0, 0.1) is 5.82 Å². The molecule has 2 unspecified atom stereocenters. The van der Waals surface area contributed by atoms with E-state index >= 15 is 0 Å². The molecule has 1 amide bonds. The van der Waals surface area contributed by atoms with Crippen molar-refractivity contribution in [1.29, 1.82) is 0 Å². The molecule has 1 aromatic carbocycles. The zero-order valence-electron chi connectivity index (χ0n) is 15.1. The molecule has 1 saturated heterocycles. The number of halogens is 1. The topological polar surface area (TPSA) is 79.5 Å². The predicted molar refractivity (Wildman–Crippen MR) is 100 cm³/mol. The van der Waals surface area contributed by atoms with Crippen LogP contribution >= 0.6 is 0 Å². The van der Waals surface area contributed by atoms with Crippen molar-refractivity contribution < 1.29 is 14.3 Å². The molecule has 1 saturated carbocycles. The van der Waals surface area contributed by atoms with Crippen LogP contribution in [-0.4, -0.2) is 45.1 Å². The third kappa shape index (κ3) is 3.47. The molecule has 2 aliphatic rings. The van der Waals surface area contributed by atoms with Crippen molar-refractivity contribution in [3.05, 3.63) is 54.0 Å². The molecule has 27 heavy (non-hydrogen) atoms. The lowest BCUT2D eigenvalue weighted by molar-refractivity contribution is -0.161. The largest absolute Gasteiger partial charge is 0.380 e. The molecule has 1 aromatic heterocycles. The molecule has 2 aromatic rings. The summed E-state index contributed by atoms with van der Waals surface area (Å²) >= 11 is 0. The minimum atomic E-state index is -1.21. The van der Waals surface area contributed by atoms with Gasteiger partial charge in [-0.3, -0.25) is 9.78 Å². The highest BCUT2D eigenvalue weighted by Gasteiger charge is 2.48. The number of hydrogen-bond donors (Lipinski definition) is 2. The lowest BCUT2D eigenvalue weighted by Crippen LogP contribution is -2.56. The molecule has 4 rings (SSSR count). The van der Waals surface area contributed by atoms with Gasteiger partial charge >= 0.3 is 0 Å². The van der Waals surface area contributed by atoms with Crippen molar-refractivity contribution in [1.82, 2.24) is 9.88 Å². The van der Waals surface area contributed by atoms with Crippen molar-refractivity contribution >= 4 is 5.91 Å². The van der Waals surface area contributed by atoms with Crippen LogP contribution in [0.15, 0.2) is 42.5 Å². The number of hydrogen-bond acceptors (Lipinski definition) is 4. The van der Waals surface area contributed by atoms with Crippen LogP contribution in [0.4, 0.5) is 4.39 Å². The maximum atomic E-state index is 13.5. The van der Waals surface area contributed by atoms with Gasteiger partial charge in [0.2, 0.25) is 0 Å². The van der Waals surface area contributed by atoms with Crippen molar-refractivity contribution in [2.75, 3.05) is 6.54 Å². The van der Waals surface area contributed by atoms with E-state index in [9.17, 15) is 14.3 Å². The van der Waals surface area contributed by atoms with Gasteiger partial charge in [-0.1, -0.05) is 18.2 Å². The Morgan fingerprint density at radius 3 is 2.78 bits per heavy atom. The number of nitrogens with two attached hydrogens (primary N) is 1. The molecule has 5 nitrogen and oxygen atoms in total. The number of carbonyl (C=O) groups excluding carboxylic acids is 1. The standard InChI is InChI=1S/C21H24FN3O2/c22-15-5-1-4-14(12-15)18-7-2-6-16(24-18)13-19-17(23)8-11-25(19)20(26)21(27)9-3-10-21/h1-2,4-7,12,17,19,27H,3,8-11,13,23H2. The van der Waals surface area contributed by atoms with Gasteiger partial charge in [0.1, 0.15) is 11.4 Å². The monoisotopic (exact) mass is 369 g/mol. The molecule has 2 atom stereocenters. The van der Waals surface area contributed by atoms with Gasteiger partial charge in [-0.25, -0.2) is 4.39 Å². The zero-order chi connectivity index (χ0) is 19.0. The minimum Gasteiger partial charge on any atom is -0.380 e. The van der Waals surface area contributed by atoms with Gasteiger partial charge in [0.15, 0.2) is 0 Å². The van der Waals surface area contributed by atoms with Crippen molar-refractivity contribution in [2.45, 2.75) is 49.8 Å². The predicted octanol–water partition coefficient (Wildman–Crippen LogP) is 2.27. The molecular weight excluding hydrogens is 345 g/mol. The van der Waals surface area contributed by atoms with E-state index in [4.69, 9.17) is 5.73 Å². The van der Waals surface area contributed by atoms with E-state index in [1.165, 1.54) is 12.1 Å². The van der Waals surface area contributed by atoms with E-state index in [1.54, 1.807) is 11.0 Å². The number of amides is 1. The number of pyridine rings is 1. The van der Waals surface area contributed by atoms with Crippen LogP contribution in [0.5, 0.6) is 0 Å². The van der Waals surface area contributed by atoms with E-state index < -0.39 is 5.60 Å². The molecule has 0 spiro atoms. The first-order valence-electron chi connectivity index (χ1n) is 9.47. The molecule has 0 bridgehead atoms. The van der Waals surface area contributed by atoms with E-state index in [2.05, 4.69) is 4.98 Å². The number of aliphatic hydroxyl groups is 1. The Kier molecular flexibility index (Phi) is 4.70. The summed E-state index contributed by atoms with van der Waals surface area (Å²) in [6.45, 7) is 0.566. The average molecular weight is 369 g/mol. The van der Waals surface area contributed by atoms with Gasteiger partial charge in [-0.2, -0.15) is 0 Å². The smallest absolute Gasteiger partial charge is 0.254 e. The van der Waals surface area contributed by atoms with Crippen molar-refractivity contribution in [3.63, 3.8) is 0 Å². The number of rotatable bonds is 4. The summed E-state index contributed by atoms with van der Waals surface area (Å²) in [4.78, 5) is 19.2. The van der Waals surface area contributed by atoms with Gasteiger partial charge in [0.05, 0.1) is 11.7 Å². The molecule has 3 N–H and O–H groups in total. The van der Waals surface area contributed by atoms with Crippen LogP contribution in [0.25, 0.3) is 11.3 Å². The fourth-order valence-electron chi connectivity index (χ4n) is 4.00. The lowest BCUT2D eigenvalue weighted by atomic mass is 9.79. The Labute approximate surface area is 158 Å². The number of aromatic nitrogens is 1. The molecule has 6 heteroatoms. The Balaban J connectivity index is 1.55. The molecule has 1 aliphatic carbocycles. The molecule has 0 radical (unpaired) electrons. The van der Waals surface area contributed by atoms with Gasteiger partial charge in [0, 0.05) is 30.3 Å². The summed E-state index contributed by atoms with van der Waals surface area (Å²) in [6, 6.07) is 11.6. The fraction of sp³-hybridized carbons (Fsp3) is 0.429. The Hall–Kier alpha value is -2.31. The van der Waals surface area contributed by atoms with E-state index in [0.29, 0.717) is 37.1 Å². The summed E-state index contributed by atoms with van der Waals surface area (Å²) in [5.41, 5.74) is 7.27. The van der Waals surface area contributed by atoms with Gasteiger partial charge in [0.25, 0.3) is 5.91 Å². The summed E-state index contributed by atoms with van der Waals surface area (Å²) in [5.74, 6) is -0.504. The molecule has 1 aliphatic heterocycles. The highest BCUT2D eigenvalue weighted by atomic mass is 19.1. The Bertz CT molecular complexity index is 853. The summed E-state index contributed by atoms with van der Waals surface area (Å²) in [5, 5.41) is 10.4. The number of likely N-dealkylation sites (tertiary alicyclic amines) is 1. The highest BCUT2D eigenvalue weighted by molar-refractivity contribution is 5.86. The van der Waals surface area contributed by atoms with Crippen LogP contribution in [-0.2, 0) is 11.2 Å². The minimum absolute atomic E-state index is 0.141. The summed E-state index contributed by atoms with van der Waals surface area (Å²) in [6.07, 6.45) is 3.17. The Morgan fingerprint density at radius 2 is 2.07 bits per heavy atom. The fourth-order valence-corrected chi connectivity index (χ4v) is 4.00. The SMILES string of the molecule is NC1CCN(C(=O)C2(O)CCC2)C1Cc1cccc(-c2cccc(F)c2)n1. The second-order valence-electron chi connectivity index (χ2n) is 7.63. The van der Waals surface area contributed by atoms with Crippen LogP contribution < -0.4 is 5.73 Å². The maximum Gasteiger partial charge on any atom is 0.254 e. The first-order chi connectivity index (χ1) is 13.0. The second-order valence-corrected chi connectivity index (χ2v) is 7.63. The number of nitrogens with zero attached hydrogens (tertiary/aromatic N) is 2. The zero-order valence-corrected chi connectivity index (χ0v) is 15.1. The molecular formula is C21H24FN3O2. The summed E-state index contributed by atoms with van der Waals surface area (Å²) < 4.78 is 13.5. The van der Waals surface area contributed by atoms with E-state index in [1.807, 2.05) is 24.3 Å². The Morgan fingerprint density at radius 1 is 1.30 bits per heavy atom. The third-order valence-corrected chi connectivity index (χ3v) is 5.78. The lowest BCUT2D eigenvalue weighted by Gasteiger charge is -2.40. The second kappa shape index (κ2) is 7.02.